The van der Waals surface area contributed by atoms with E-state index >= 15 is 0 Å². The SMILES string of the molecule is CCCOc1cc(C(=O)NNC(=O)C(=O)NNC(=O)c2cc(OCCC)c(OCCC)c(OCCC)c2)cc(OCCC)c1OCCC. The highest BCUT2D eigenvalue weighted by molar-refractivity contribution is 6.35. The minimum Gasteiger partial charge on any atom is -0.490 e. The molecule has 0 radical (unpaired) electrons. The number of hydrogen-bond acceptors (Lipinski definition) is 10. The van der Waals surface area contributed by atoms with Crippen LogP contribution in [0.1, 0.15) is 101 Å². The molecule has 0 saturated heterocycles. The van der Waals surface area contributed by atoms with Crippen molar-refractivity contribution in [3.05, 3.63) is 35.4 Å². The molecule has 0 atom stereocenters. The molecular weight excluding hydrogens is 624 g/mol. The van der Waals surface area contributed by atoms with Crippen molar-refractivity contribution in [1.29, 1.82) is 0 Å². The van der Waals surface area contributed by atoms with Gasteiger partial charge in [0.25, 0.3) is 11.8 Å². The van der Waals surface area contributed by atoms with Crippen molar-refractivity contribution in [2.75, 3.05) is 39.6 Å². The molecule has 0 bridgehead atoms. The van der Waals surface area contributed by atoms with Gasteiger partial charge in [-0.3, -0.25) is 40.9 Å². The Morgan fingerprint density at radius 2 is 0.667 bits per heavy atom. The summed E-state index contributed by atoms with van der Waals surface area (Å²) < 4.78 is 35.0. The number of carbonyl (C=O) groups excluding carboxylic acids is 4. The number of rotatable bonds is 20. The van der Waals surface area contributed by atoms with Crippen molar-refractivity contribution in [3.63, 3.8) is 0 Å². The number of hydrazine groups is 2. The number of amides is 4. The summed E-state index contributed by atoms with van der Waals surface area (Å²) in [5, 5.41) is 0. The monoisotopic (exact) mass is 674 g/mol. The van der Waals surface area contributed by atoms with E-state index in [4.69, 9.17) is 28.4 Å². The highest BCUT2D eigenvalue weighted by Crippen LogP contribution is 2.40. The van der Waals surface area contributed by atoms with Gasteiger partial charge in [0.2, 0.25) is 11.5 Å². The summed E-state index contributed by atoms with van der Waals surface area (Å²) in [6.45, 7) is 14.0. The smallest absolute Gasteiger partial charge is 0.329 e. The zero-order valence-corrected chi connectivity index (χ0v) is 28.9. The summed E-state index contributed by atoms with van der Waals surface area (Å²) >= 11 is 0. The van der Waals surface area contributed by atoms with Crippen LogP contribution in [0.25, 0.3) is 0 Å². The van der Waals surface area contributed by atoms with Crippen LogP contribution in [0.3, 0.4) is 0 Å². The molecule has 2 aromatic carbocycles. The lowest BCUT2D eigenvalue weighted by Crippen LogP contribution is -2.52. The molecule has 0 heterocycles. The average molecular weight is 675 g/mol. The lowest BCUT2D eigenvalue weighted by atomic mass is 10.1. The summed E-state index contributed by atoms with van der Waals surface area (Å²) in [7, 11) is 0. The molecule has 0 fully saturated rings. The first-order valence-corrected chi connectivity index (χ1v) is 16.6. The molecular formula is C34H50N4O10. The van der Waals surface area contributed by atoms with Crippen LogP contribution in [0.5, 0.6) is 34.5 Å². The van der Waals surface area contributed by atoms with Crippen molar-refractivity contribution < 1.29 is 47.6 Å². The molecule has 48 heavy (non-hydrogen) atoms. The van der Waals surface area contributed by atoms with Gasteiger partial charge in [-0.2, -0.15) is 0 Å². The van der Waals surface area contributed by atoms with Gasteiger partial charge < -0.3 is 28.4 Å². The van der Waals surface area contributed by atoms with Gasteiger partial charge in [0, 0.05) is 11.1 Å². The van der Waals surface area contributed by atoms with Crippen LogP contribution in [0.4, 0.5) is 0 Å². The molecule has 0 spiro atoms. The fourth-order valence-electron chi connectivity index (χ4n) is 3.87. The molecule has 2 aromatic rings. The van der Waals surface area contributed by atoms with E-state index in [2.05, 4.69) is 10.9 Å². The fraction of sp³-hybridized carbons (Fsp3) is 0.529. The summed E-state index contributed by atoms with van der Waals surface area (Å²) in [6, 6.07) is 5.88. The Morgan fingerprint density at radius 3 is 0.917 bits per heavy atom. The molecule has 0 saturated carbocycles. The molecule has 2 rings (SSSR count). The van der Waals surface area contributed by atoms with E-state index in [-0.39, 0.29) is 11.1 Å². The third-order valence-electron chi connectivity index (χ3n) is 6.10. The summed E-state index contributed by atoms with van der Waals surface area (Å²) in [6.07, 6.45) is 4.38. The Balaban J connectivity index is 2.13. The molecule has 0 aliphatic carbocycles. The molecule has 266 valence electrons. The van der Waals surface area contributed by atoms with Crippen molar-refractivity contribution in [1.82, 2.24) is 21.7 Å². The van der Waals surface area contributed by atoms with Gasteiger partial charge >= 0.3 is 11.8 Å². The van der Waals surface area contributed by atoms with Gasteiger partial charge in [-0.25, -0.2) is 0 Å². The molecule has 4 N–H and O–H groups in total. The first-order chi connectivity index (χ1) is 23.2. The summed E-state index contributed by atoms with van der Waals surface area (Å²) in [4.78, 5) is 51.0. The predicted octanol–water partition coefficient (Wildman–Crippen LogP) is 4.64. The quantitative estimate of drug-likeness (QED) is 0.115. The third-order valence-corrected chi connectivity index (χ3v) is 6.10. The Bertz CT molecular complexity index is 1190. The van der Waals surface area contributed by atoms with Crippen LogP contribution in [0, 0.1) is 0 Å². The normalized spacial score (nSPS) is 10.4. The maximum Gasteiger partial charge on any atom is 0.329 e. The molecule has 0 aliphatic heterocycles. The van der Waals surface area contributed by atoms with Gasteiger partial charge in [0.1, 0.15) is 0 Å². The highest BCUT2D eigenvalue weighted by Gasteiger charge is 2.22. The maximum atomic E-state index is 13.0. The van der Waals surface area contributed by atoms with Gasteiger partial charge in [-0.1, -0.05) is 41.5 Å². The number of carbonyl (C=O) groups is 4. The van der Waals surface area contributed by atoms with E-state index in [9.17, 15) is 19.2 Å². The number of nitrogens with one attached hydrogen (secondary N) is 4. The van der Waals surface area contributed by atoms with Gasteiger partial charge in [0.05, 0.1) is 39.6 Å². The van der Waals surface area contributed by atoms with E-state index < -0.39 is 23.6 Å². The second-order valence-electron chi connectivity index (χ2n) is 10.5. The predicted molar refractivity (Wildman–Crippen MR) is 179 cm³/mol. The first kappa shape index (κ1) is 39.3. The minimum absolute atomic E-state index is 0.0959. The Hall–Kier alpha value is -4.88. The van der Waals surface area contributed by atoms with Crippen molar-refractivity contribution in [2.24, 2.45) is 0 Å². The van der Waals surface area contributed by atoms with Crippen LogP contribution in [0.2, 0.25) is 0 Å². The van der Waals surface area contributed by atoms with Crippen LogP contribution < -0.4 is 50.1 Å². The van der Waals surface area contributed by atoms with E-state index in [0.717, 1.165) is 38.5 Å². The molecule has 0 aliphatic rings. The summed E-state index contributed by atoms with van der Waals surface area (Å²) in [5.74, 6) is -1.95. The average Bonchev–Trinajstić information content (AvgIpc) is 3.10. The number of hydrogen-bond donors (Lipinski definition) is 4. The van der Waals surface area contributed by atoms with Gasteiger partial charge in [-0.15, -0.1) is 0 Å². The van der Waals surface area contributed by atoms with Crippen molar-refractivity contribution in [2.45, 2.75) is 80.1 Å². The second-order valence-corrected chi connectivity index (χ2v) is 10.5. The summed E-state index contributed by atoms with van der Waals surface area (Å²) in [5.41, 5.74) is 8.66. The Labute approximate surface area is 282 Å². The minimum atomic E-state index is -1.24. The van der Waals surface area contributed by atoms with Gasteiger partial charge in [0.15, 0.2) is 23.0 Å². The molecule has 14 heteroatoms. The van der Waals surface area contributed by atoms with E-state index in [1.165, 1.54) is 24.3 Å². The van der Waals surface area contributed by atoms with Crippen LogP contribution in [0.15, 0.2) is 24.3 Å². The topological polar surface area (TPSA) is 172 Å². The third kappa shape index (κ3) is 12.4. The molecule has 4 amide bonds. The first-order valence-electron chi connectivity index (χ1n) is 16.6. The van der Waals surface area contributed by atoms with E-state index in [1.807, 2.05) is 52.4 Å². The van der Waals surface area contributed by atoms with Gasteiger partial charge in [-0.05, 0) is 62.8 Å². The van der Waals surface area contributed by atoms with Crippen LogP contribution >= 0.6 is 0 Å². The molecule has 0 aromatic heterocycles. The number of ether oxygens (including phenoxy) is 6. The lowest BCUT2D eigenvalue weighted by molar-refractivity contribution is -0.140. The molecule has 14 nitrogen and oxygen atoms in total. The lowest BCUT2D eigenvalue weighted by Gasteiger charge is -2.18. The van der Waals surface area contributed by atoms with Crippen LogP contribution in [-0.2, 0) is 9.59 Å². The van der Waals surface area contributed by atoms with E-state index in [1.54, 1.807) is 0 Å². The zero-order valence-electron chi connectivity index (χ0n) is 28.9. The number of benzene rings is 2. The van der Waals surface area contributed by atoms with Crippen molar-refractivity contribution in [3.8, 4) is 34.5 Å². The Kier molecular flexibility index (Phi) is 17.9. The zero-order chi connectivity index (χ0) is 35.3. The Morgan fingerprint density at radius 1 is 0.417 bits per heavy atom. The van der Waals surface area contributed by atoms with Crippen LogP contribution in [-0.4, -0.2) is 63.3 Å². The van der Waals surface area contributed by atoms with Crippen molar-refractivity contribution >= 4 is 23.6 Å². The standard InChI is InChI=1S/C34H50N4O10/c1-7-13-43-25-19-23(20-26(44-14-8-2)29(25)47-17-11-5)31(39)35-37-33(41)34(42)38-36-32(40)24-21-27(45-15-9-3)30(48-18-12-6)28(22-24)46-16-10-4/h19-22H,7-18H2,1-6H3,(H,35,39)(H,36,40)(H,37,41)(H,38,42). The maximum absolute atomic E-state index is 13.0. The molecule has 0 unspecified atom stereocenters. The second kappa shape index (κ2) is 21.8. The largest absolute Gasteiger partial charge is 0.490 e. The fourth-order valence-corrected chi connectivity index (χ4v) is 3.87. The van der Waals surface area contributed by atoms with E-state index in [0.29, 0.717) is 74.1 Å². The highest BCUT2D eigenvalue weighted by atomic mass is 16.5.